The smallest absolute Gasteiger partial charge is 0.416 e. The van der Waals surface area contributed by atoms with Gasteiger partial charge in [-0.1, -0.05) is 91.3 Å². The number of anilines is 2. The van der Waals surface area contributed by atoms with Crippen LogP contribution in [0.15, 0.2) is 146 Å². The van der Waals surface area contributed by atoms with E-state index < -0.39 is 64.6 Å². The summed E-state index contributed by atoms with van der Waals surface area (Å²) in [5.41, 5.74) is 0.849. The number of hydrogen-bond acceptors (Lipinski definition) is 11. The van der Waals surface area contributed by atoms with Crippen molar-refractivity contribution in [3.8, 4) is 11.1 Å². The Kier molecular flexibility index (Phi) is 23.7. The highest BCUT2D eigenvalue weighted by molar-refractivity contribution is 5.96. The number of alkyl halides is 6. The van der Waals surface area contributed by atoms with Gasteiger partial charge in [-0.2, -0.15) is 26.3 Å². The predicted octanol–water partition coefficient (Wildman–Crippen LogP) is 12.9. The van der Waals surface area contributed by atoms with Crippen molar-refractivity contribution in [2.75, 3.05) is 117 Å². The normalized spacial score (nSPS) is 18.1. The number of piperidine rings is 2. The van der Waals surface area contributed by atoms with Gasteiger partial charge in [0.05, 0.1) is 43.1 Å². The summed E-state index contributed by atoms with van der Waals surface area (Å²) in [4.78, 5) is 82.7. The van der Waals surface area contributed by atoms with Crippen molar-refractivity contribution in [1.82, 2.24) is 29.6 Å². The molecule has 0 saturated carbocycles. The molecule has 6 aromatic carbocycles. The Hall–Kier alpha value is -8.42. The van der Waals surface area contributed by atoms with E-state index in [1.807, 2.05) is 85.9 Å². The molecule has 524 valence electrons. The zero-order valence-corrected chi connectivity index (χ0v) is 55.5. The van der Waals surface area contributed by atoms with Crippen LogP contribution in [-0.2, 0) is 53.7 Å². The second kappa shape index (κ2) is 32.1. The number of carbonyl (C=O) groups excluding carboxylic acids is 4. The maximum absolute atomic E-state index is 14.3. The number of nitrogens with one attached hydrogen (secondary N) is 1. The standard InChI is InChI=1S/C74H85F7N8O9/c1-83(36-14-37-88(96-3)69(93)53-22-28-60(29-23-53)82-35-13-5-8-21-66(90)84(2)43-44-85-38-30-61(31-39-85)89(70(94)95)64-20-12-10-18-62(64)52-15-6-4-7-16-52)67(91)49-97-65-47-54-17-9-11-19-63(54)71(65)32-40-86(41-33-71)42-34-72(56-24-26-59(75)27-25-56)50-87(51-98-72)68(92)55-45-57(73(76,77)78)48-58(46-55)74(79,80)81/h4,6-7,9-12,15-20,22-29,45-46,48,61,65,82H,5,8,13-14,21,30-44,47,49-51H2,1-3H3,(H,94,95)/t65-,72+/m0/s1. The molecule has 10 rings (SSSR count). The van der Waals surface area contributed by atoms with Gasteiger partial charge in [-0.25, -0.2) is 14.2 Å². The summed E-state index contributed by atoms with van der Waals surface area (Å²) in [6.07, 6.45) is -4.73. The molecule has 2 atom stereocenters. The zero-order chi connectivity index (χ0) is 69.8. The number of hydroxylamine groups is 2. The number of hydrogen-bond donors (Lipinski definition) is 2. The maximum atomic E-state index is 14.3. The number of likely N-dealkylation sites (tertiary alicyclic amines) is 2. The highest BCUT2D eigenvalue weighted by Crippen LogP contribution is 2.49. The molecule has 17 nitrogen and oxygen atoms in total. The van der Waals surface area contributed by atoms with Crippen LogP contribution in [0.2, 0.25) is 0 Å². The van der Waals surface area contributed by atoms with Gasteiger partial charge in [-0.3, -0.25) is 28.9 Å². The number of fused-ring (bicyclic) bond motifs is 2. The molecule has 4 aliphatic rings. The number of amides is 5. The first-order valence-electron chi connectivity index (χ1n) is 33.4. The molecule has 3 heterocycles. The van der Waals surface area contributed by atoms with Crippen molar-refractivity contribution in [3.05, 3.63) is 190 Å². The Bertz CT molecular complexity index is 3670. The number of ether oxygens (including phenoxy) is 2. The minimum atomic E-state index is -5.15. The van der Waals surface area contributed by atoms with Crippen LogP contribution in [0, 0.1) is 5.82 Å². The molecular formula is C74H85F7N8O9. The van der Waals surface area contributed by atoms with Gasteiger partial charge in [0.15, 0.2) is 0 Å². The molecule has 5 amide bonds. The molecule has 3 fully saturated rings. The van der Waals surface area contributed by atoms with Crippen molar-refractivity contribution in [1.29, 1.82) is 0 Å². The number of likely N-dealkylation sites (N-methyl/N-ethyl adjacent to an activating group) is 2. The number of halogens is 7. The summed E-state index contributed by atoms with van der Waals surface area (Å²) < 4.78 is 110. The molecule has 3 aliphatic heterocycles. The summed E-state index contributed by atoms with van der Waals surface area (Å²) in [6.45, 7) is 4.77. The first kappa shape index (κ1) is 72.3. The third-order valence-electron chi connectivity index (χ3n) is 19.8. The predicted molar refractivity (Wildman–Crippen MR) is 357 cm³/mol. The third kappa shape index (κ3) is 17.5. The summed E-state index contributed by atoms with van der Waals surface area (Å²) >= 11 is 0. The Morgan fingerprint density at radius 3 is 2.00 bits per heavy atom. The van der Waals surface area contributed by atoms with Crippen LogP contribution < -0.4 is 10.2 Å². The lowest BCUT2D eigenvalue weighted by molar-refractivity contribution is -0.143. The highest BCUT2D eigenvalue weighted by atomic mass is 19.4. The summed E-state index contributed by atoms with van der Waals surface area (Å²) in [7, 11) is 4.94. The Morgan fingerprint density at radius 2 is 1.33 bits per heavy atom. The van der Waals surface area contributed by atoms with E-state index in [-0.39, 0.29) is 62.1 Å². The van der Waals surface area contributed by atoms with Crippen LogP contribution in [0.1, 0.15) is 113 Å². The fourth-order valence-electron chi connectivity index (χ4n) is 14.1. The van der Waals surface area contributed by atoms with E-state index in [0.717, 1.165) is 65.2 Å². The first-order valence-corrected chi connectivity index (χ1v) is 33.4. The number of unbranched alkanes of at least 4 members (excludes halogenated alkanes) is 2. The summed E-state index contributed by atoms with van der Waals surface area (Å²) in [6, 6.07) is 38.7. The van der Waals surface area contributed by atoms with Crippen LogP contribution in [-0.4, -0.2) is 183 Å². The molecule has 0 bridgehead atoms. The van der Waals surface area contributed by atoms with Crippen LogP contribution in [0.4, 0.5) is 46.9 Å². The van der Waals surface area contributed by atoms with Crippen LogP contribution in [0.3, 0.4) is 0 Å². The largest absolute Gasteiger partial charge is 0.465 e. The Labute approximate surface area is 566 Å². The molecule has 2 N–H and O–H groups in total. The topological polar surface area (TPSA) is 168 Å². The number of para-hydroxylation sites is 1. The van der Waals surface area contributed by atoms with Crippen LogP contribution >= 0.6 is 0 Å². The van der Waals surface area contributed by atoms with E-state index in [2.05, 4.69) is 27.2 Å². The average molecular weight is 1360 g/mol. The zero-order valence-electron chi connectivity index (χ0n) is 55.5. The van der Waals surface area contributed by atoms with E-state index in [1.54, 1.807) is 29.0 Å². The quantitative estimate of drug-likeness (QED) is 0.0285. The number of carboxylic acid groups (broad SMARTS) is 1. The molecule has 24 heteroatoms. The Balaban J connectivity index is 0.623. The minimum Gasteiger partial charge on any atom is -0.465 e. The fraction of sp³-hybridized carbons (Fsp3) is 0.446. The number of benzene rings is 6. The lowest BCUT2D eigenvalue weighted by Gasteiger charge is -2.44. The van der Waals surface area contributed by atoms with Crippen molar-refractivity contribution in [3.63, 3.8) is 0 Å². The second-order valence-electron chi connectivity index (χ2n) is 26.0. The van der Waals surface area contributed by atoms with Crippen molar-refractivity contribution < 1.29 is 74.1 Å². The fourth-order valence-corrected chi connectivity index (χ4v) is 14.1. The molecule has 3 saturated heterocycles. The number of carbonyl (C=O) groups is 5. The molecule has 0 radical (unpaired) electrons. The molecule has 1 spiro atoms. The second-order valence-corrected chi connectivity index (χ2v) is 26.0. The van der Waals surface area contributed by atoms with E-state index in [0.29, 0.717) is 120 Å². The van der Waals surface area contributed by atoms with E-state index in [1.165, 1.54) is 41.3 Å². The molecule has 0 unspecified atom stereocenters. The first-order chi connectivity index (χ1) is 46.9. The van der Waals surface area contributed by atoms with Gasteiger partial charge in [0.1, 0.15) is 24.8 Å². The number of rotatable bonds is 27. The van der Waals surface area contributed by atoms with Gasteiger partial charge < -0.3 is 44.4 Å². The average Bonchev–Trinajstić information content (AvgIpc) is 1.62. The summed E-state index contributed by atoms with van der Waals surface area (Å²) in [5.74, 6) is -2.09. The SMILES string of the molecule is CON(CCCN(C)C(=O)CO[C@H]1Cc2ccccc2C12CCN(CC[C@]1(c3ccc(F)cc3)CN(C(=O)c3cc(C(F)(F)F)cc(C(F)(F)F)c3)CO1)CC2)C(=O)c1ccc(NCCCCCC(=O)N(C)CCN2CCC(N(C(=O)O)c3ccccc3-c3ccccc3)CC2)cc1. The van der Waals surface area contributed by atoms with Crippen LogP contribution in [0.5, 0.6) is 0 Å². The van der Waals surface area contributed by atoms with Crippen molar-refractivity contribution in [2.24, 2.45) is 0 Å². The summed E-state index contributed by atoms with van der Waals surface area (Å²) in [5, 5.41) is 15.0. The molecule has 0 aromatic heterocycles. The highest BCUT2D eigenvalue weighted by Gasteiger charge is 2.50. The van der Waals surface area contributed by atoms with E-state index >= 15 is 0 Å². The number of nitrogens with zero attached hydrogens (tertiary/aromatic N) is 7. The Morgan fingerprint density at radius 1 is 0.684 bits per heavy atom. The minimum absolute atomic E-state index is 0.0320. The molecular weight excluding hydrogens is 1280 g/mol. The van der Waals surface area contributed by atoms with E-state index in [4.69, 9.17) is 14.3 Å². The van der Waals surface area contributed by atoms with Gasteiger partial charge in [0.2, 0.25) is 11.8 Å². The van der Waals surface area contributed by atoms with Gasteiger partial charge >= 0.3 is 18.4 Å². The lowest BCUT2D eigenvalue weighted by Crippen LogP contribution is -2.50. The molecule has 98 heavy (non-hydrogen) atoms. The monoisotopic (exact) mass is 1360 g/mol. The van der Waals surface area contributed by atoms with Crippen molar-refractivity contribution >= 4 is 41.1 Å². The van der Waals surface area contributed by atoms with Gasteiger partial charge in [0, 0.05) is 100 Å². The lowest BCUT2D eigenvalue weighted by atomic mass is 9.72. The van der Waals surface area contributed by atoms with Crippen LogP contribution in [0.25, 0.3) is 11.1 Å². The molecule has 6 aromatic rings. The van der Waals surface area contributed by atoms with Gasteiger partial charge in [0.25, 0.3) is 11.8 Å². The third-order valence-corrected chi connectivity index (χ3v) is 19.8. The maximum Gasteiger partial charge on any atom is 0.416 e. The van der Waals surface area contributed by atoms with Gasteiger partial charge in [-0.15, -0.1) is 0 Å². The molecule has 1 aliphatic carbocycles. The van der Waals surface area contributed by atoms with Gasteiger partial charge in [-0.05, 0) is 154 Å². The van der Waals surface area contributed by atoms with Crippen molar-refractivity contribution in [2.45, 2.75) is 106 Å². The van der Waals surface area contributed by atoms with E-state index in [9.17, 15) is 59.8 Å².